The van der Waals surface area contributed by atoms with Crippen LogP contribution in [0.1, 0.15) is 39.0 Å². The maximum atomic E-state index is 13.4. The number of nitrogens with zero attached hydrogens (tertiary/aromatic N) is 2. The minimum Gasteiger partial charge on any atom is -0.333 e. The number of rotatable bonds is 7. The normalized spacial score (nSPS) is 14.0. The quantitative estimate of drug-likeness (QED) is 0.518. The summed E-state index contributed by atoms with van der Waals surface area (Å²) < 4.78 is 13.4. The molecule has 0 amide bonds. The molecule has 0 spiro atoms. The first-order chi connectivity index (χ1) is 12.1. The summed E-state index contributed by atoms with van der Waals surface area (Å²) in [6.07, 6.45) is 10.0. The van der Waals surface area contributed by atoms with E-state index in [1.807, 2.05) is 11.1 Å². The zero-order valence-electron chi connectivity index (χ0n) is 14.4. The predicted octanol–water partition coefficient (Wildman–Crippen LogP) is 4.92. The van der Waals surface area contributed by atoms with E-state index in [0.717, 1.165) is 6.42 Å². The van der Waals surface area contributed by atoms with Crippen molar-refractivity contribution in [2.24, 2.45) is 4.99 Å². The van der Waals surface area contributed by atoms with Crippen LogP contribution in [-0.2, 0) is 0 Å². The van der Waals surface area contributed by atoms with Crippen molar-refractivity contribution >= 4 is 40.6 Å². The van der Waals surface area contributed by atoms with Crippen molar-refractivity contribution in [3.8, 4) is 0 Å². The van der Waals surface area contributed by atoms with E-state index >= 15 is 0 Å². The Balaban J connectivity index is 1.83. The molecule has 0 fully saturated rings. The first-order valence-corrected chi connectivity index (χ1v) is 9.39. The molecule has 0 aliphatic carbocycles. The molecule has 1 aromatic carbocycles. The molecule has 136 valence electrons. The number of aliphatic imine (C=N–C) groups is 1. The number of allylic oxidation sites excluding steroid dienone is 1. The number of hydrogen-bond donors (Lipinski definition) is 2. The average Bonchev–Trinajstić information content (AvgIpc) is 3.01. The summed E-state index contributed by atoms with van der Waals surface area (Å²) in [5.74, 6) is 0.294. The van der Waals surface area contributed by atoms with Crippen molar-refractivity contribution in [3.05, 3.63) is 41.3 Å². The fourth-order valence-electron chi connectivity index (χ4n) is 2.49. The molecule has 4 nitrogen and oxygen atoms in total. The molecule has 0 unspecified atom stereocenters. The molecule has 0 radical (unpaired) electrons. The standard InChI is InChI=1S/C18H24ClFN4S/c1-2-3-4-5-6-7-8-21-17-22-9-10-24(17)18(25)23-16-12-14(19)11-15(20)13-16/h7-8,11-13H,2-6,9-10H2,1H3,(H,21,22)(H,23,25). The number of unbranched alkanes of at least 4 members (excludes halogenated alkanes) is 4. The van der Waals surface area contributed by atoms with Gasteiger partial charge < -0.3 is 10.6 Å². The van der Waals surface area contributed by atoms with Gasteiger partial charge in [-0.25, -0.2) is 4.39 Å². The van der Waals surface area contributed by atoms with Crippen LogP contribution in [-0.4, -0.2) is 29.1 Å². The molecule has 1 aliphatic heterocycles. The fraction of sp³-hybridized carbons (Fsp3) is 0.444. The summed E-state index contributed by atoms with van der Waals surface area (Å²) in [5, 5.41) is 6.97. The predicted molar refractivity (Wildman–Crippen MR) is 108 cm³/mol. The molecule has 7 heteroatoms. The van der Waals surface area contributed by atoms with Gasteiger partial charge in [-0.1, -0.05) is 43.9 Å². The molecule has 1 aromatic rings. The summed E-state index contributed by atoms with van der Waals surface area (Å²) in [6.45, 7) is 3.55. The van der Waals surface area contributed by atoms with Gasteiger partial charge in [0.15, 0.2) is 5.11 Å². The first kappa shape index (κ1) is 19.7. The topological polar surface area (TPSA) is 39.7 Å². The van der Waals surface area contributed by atoms with Crippen LogP contribution < -0.4 is 10.6 Å². The maximum absolute atomic E-state index is 13.4. The van der Waals surface area contributed by atoms with Crippen LogP contribution in [0.5, 0.6) is 0 Å². The average molecular weight is 383 g/mol. The second-order valence-corrected chi connectivity index (χ2v) is 6.66. The Morgan fingerprint density at radius 2 is 2.20 bits per heavy atom. The van der Waals surface area contributed by atoms with E-state index in [9.17, 15) is 4.39 Å². The molecular formula is C18H24ClFN4S. The highest BCUT2D eigenvalue weighted by molar-refractivity contribution is 7.80. The first-order valence-electron chi connectivity index (χ1n) is 8.60. The molecule has 25 heavy (non-hydrogen) atoms. The van der Waals surface area contributed by atoms with E-state index in [1.54, 1.807) is 6.07 Å². The van der Waals surface area contributed by atoms with Gasteiger partial charge in [0.1, 0.15) is 5.82 Å². The van der Waals surface area contributed by atoms with Crippen molar-refractivity contribution in [3.63, 3.8) is 0 Å². The Morgan fingerprint density at radius 3 is 2.96 bits per heavy atom. The minimum absolute atomic E-state index is 0.324. The largest absolute Gasteiger partial charge is 0.333 e. The van der Waals surface area contributed by atoms with E-state index in [2.05, 4.69) is 28.6 Å². The third-order valence-corrected chi connectivity index (χ3v) is 4.30. The zero-order chi connectivity index (χ0) is 18.1. The molecule has 2 rings (SSSR count). The van der Waals surface area contributed by atoms with Crippen molar-refractivity contribution in [2.75, 3.05) is 18.4 Å². The number of nitrogens with one attached hydrogen (secondary N) is 2. The van der Waals surface area contributed by atoms with E-state index in [-0.39, 0.29) is 0 Å². The summed E-state index contributed by atoms with van der Waals surface area (Å²) >= 11 is 11.3. The molecule has 0 aromatic heterocycles. The lowest BCUT2D eigenvalue weighted by Crippen LogP contribution is -2.42. The second-order valence-electron chi connectivity index (χ2n) is 5.84. The van der Waals surface area contributed by atoms with Gasteiger partial charge in [0.2, 0.25) is 5.96 Å². The monoisotopic (exact) mass is 382 g/mol. The van der Waals surface area contributed by atoms with Crippen LogP contribution in [0.25, 0.3) is 0 Å². The molecular weight excluding hydrogens is 359 g/mol. The highest BCUT2D eigenvalue weighted by atomic mass is 35.5. The van der Waals surface area contributed by atoms with Crippen molar-refractivity contribution in [2.45, 2.75) is 39.0 Å². The van der Waals surface area contributed by atoms with Gasteiger partial charge in [0.25, 0.3) is 0 Å². The van der Waals surface area contributed by atoms with Crippen LogP contribution >= 0.6 is 23.8 Å². The highest BCUT2D eigenvalue weighted by Crippen LogP contribution is 2.18. The van der Waals surface area contributed by atoms with Gasteiger partial charge in [-0.3, -0.25) is 9.89 Å². The molecule has 0 saturated heterocycles. The number of benzene rings is 1. The molecule has 1 heterocycles. The molecule has 0 saturated carbocycles. The lowest BCUT2D eigenvalue weighted by atomic mass is 10.1. The van der Waals surface area contributed by atoms with Gasteiger partial charge in [0.05, 0.1) is 6.54 Å². The molecule has 2 N–H and O–H groups in total. The van der Waals surface area contributed by atoms with Gasteiger partial charge in [0, 0.05) is 17.3 Å². The number of thiocarbonyl (C=S) groups is 1. The Hall–Kier alpha value is -1.66. The SMILES string of the molecule is CCCCCCC=CNC1=NCCN1C(=S)Nc1cc(F)cc(Cl)c1. The van der Waals surface area contributed by atoms with Crippen LogP contribution in [0.4, 0.5) is 10.1 Å². The number of hydrogen-bond acceptors (Lipinski definition) is 3. The van der Waals surface area contributed by atoms with Gasteiger partial charge in [-0.15, -0.1) is 0 Å². The van der Waals surface area contributed by atoms with Gasteiger partial charge in [-0.05, 0) is 49.5 Å². The lowest BCUT2D eigenvalue weighted by molar-refractivity contribution is 0.628. The van der Waals surface area contributed by atoms with Crippen LogP contribution in [0.15, 0.2) is 35.5 Å². The second kappa shape index (κ2) is 10.4. The van der Waals surface area contributed by atoms with Crippen LogP contribution in [0.3, 0.4) is 0 Å². The number of anilines is 1. The third kappa shape index (κ3) is 6.63. The van der Waals surface area contributed by atoms with Crippen molar-refractivity contribution in [1.82, 2.24) is 10.2 Å². The smallest absolute Gasteiger partial charge is 0.204 e. The maximum Gasteiger partial charge on any atom is 0.204 e. The van der Waals surface area contributed by atoms with Gasteiger partial charge >= 0.3 is 0 Å². The lowest BCUT2D eigenvalue weighted by Gasteiger charge is -2.21. The van der Waals surface area contributed by atoms with Gasteiger partial charge in [-0.2, -0.15) is 0 Å². The minimum atomic E-state index is -0.405. The molecule has 0 atom stereocenters. The Kier molecular flexibility index (Phi) is 8.15. The zero-order valence-corrected chi connectivity index (χ0v) is 16.0. The Morgan fingerprint density at radius 1 is 1.36 bits per heavy atom. The highest BCUT2D eigenvalue weighted by Gasteiger charge is 2.20. The summed E-state index contributed by atoms with van der Waals surface area (Å²) in [5.41, 5.74) is 0.521. The van der Waals surface area contributed by atoms with E-state index in [4.69, 9.17) is 23.8 Å². The van der Waals surface area contributed by atoms with Crippen LogP contribution in [0, 0.1) is 5.82 Å². The fourth-order valence-corrected chi connectivity index (χ4v) is 3.01. The van der Waals surface area contributed by atoms with E-state index in [0.29, 0.717) is 34.9 Å². The summed E-state index contributed by atoms with van der Waals surface area (Å²) in [7, 11) is 0. The van der Waals surface area contributed by atoms with Crippen molar-refractivity contribution < 1.29 is 4.39 Å². The van der Waals surface area contributed by atoms with E-state index < -0.39 is 5.82 Å². The Bertz CT molecular complexity index is 628. The van der Waals surface area contributed by atoms with Crippen LogP contribution in [0.2, 0.25) is 5.02 Å². The summed E-state index contributed by atoms with van der Waals surface area (Å²) in [6, 6.07) is 4.24. The van der Waals surface area contributed by atoms with Crippen molar-refractivity contribution in [1.29, 1.82) is 0 Å². The molecule has 1 aliphatic rings. The summed E-state index contributed by atoms with van der Waals surface area (Å²) in [4.78, 5) is 6.27. The van der Waals surface area contributed by atoms with E-state index in [1.165, 1.54) is 37.8 Å². The number of guanidine groups is 1. The number of halogens is 2. The Labute approximate surface area is 159 Å². The third-order valence-electron chi connectivity index (χ3n) is 3.75. The molecule has 0 bridgehead atoms.